The molecule has 25 heavy (non-hydrogen) atoms. The SMILES string of the molecule is Nc1ncc2c(n1)C1(CCCN(C(=O)CCc3cc(Cl)no3)C1)CC2. The second-order valence-corrected chi connectivity index (χ2v) is 7.30. The quantitative estimate of drug-likeness (QED) is 0.899. The Morgan fingerprint density at radius 2 is 2.32 bits per heavy atom. The van der Waals surface area contributed by atoms with E-state index in [1.54, 1.807) is 6.07 Å². The van der Waals surface area contributed by atoms with Crippen LogP contribution in [0, 0.1) is 0 Å². The number of hydrogen-bond donors (Lipinski definition) is 1. The van der Waals surface area contributed by atoms with Gasteiger partial charge in [0.2, 0.25) is 11.9 Å². The number of hydrogen-bond acceptors (Lipinski definition) is 6. The van der Waals surface area contributed by atoms with Crippen LogP contribution in [0.4, 0.5) is 5.95 Å². The second-order valence-electron chi connectivity index (χ2n) is 6.92. The highest BCUT2D eigenvalue weighted by molar-refractivity contribution is 6.29. The largest absolute Gasteiger partial charge is 0.368 e. The zero-order valence-corrected chi connectivity index (χ0v) is 14.6. The lowest BCUT2D eigenvalue weighted by atomic mass is 9.77. The summed E-state index contributed by atoms with van der Waals surface area (Å²) in [5.74, 6) is 1.07. The molecule has 1 amide bonds. The number of anilines is 1. The Labute approximate surface area is 150 Å². The number of halogens is 1. The topological polar surface area (TPSA) is 98.1 Å². The summed E-state index contributed by atoms with van der Waals surface area (Å²) >= 11 is 5.74. The molecule has 2 aliphatic rings. The van der Waals surface area contributed by atoms with Crippen molar-refractivity contribution in [2.45, 2.75) is 43.9 Å². The Hall–Kier alpha value is -2.15. The maximum atomic E-state index is 12.7. The van der Waals surface area contributed by atoms with Gasteiger partial charge >= 0.3 is 0 Å². The number of carbonyl (C=O) groups is 1. The molecule has 8 heteroatoms. The summed E-state index contributed by atoms with van der Waals surface area (Å²) in [4.78, 5) is 23.2. The number of fused-ring (bicyclic) bond motifs is 2. The van der Waals surface area contributed by atoms with Crippen LogP contribution in [0.2, 0.25) is 5.15 Å². The Kier molecular flexibility index (Phi) is 4.11. The van der Waals surface area contributed by atoms with E-state index in [-0.39, 0.29) is 11.3 Å². The Morgan fingerprint density at radius 3 is 3.12 bits per heavy atom. The van der Waals surface area contributed by atoms with Gasteiger partial charge in [0.15, 0.2) is 5.15 Å². The van der Waals surface area contributed by atoms with E-state index in [0.717, 1.165) is 37.9 Å². The van der Waals surface area contributed by atoms with Crippen LogP contribution in [-0.2, 0) is 23.1 Å². The minimum absolute atomic E-state index is 0.0736. The predicted octanol–water partition coefficient (Wildman–Crippen LogP) is 2.14. The van der Waals surface area contributed by atoms with Gasteiger partial charge in [0.25, 0.3) is 0 Å². The average molecular weight is 362 g/mol. The highest BCUT2D eigenvalue weighted by Gasteiger charge is 2.44. The fourth-order valence-electron chi connectivity index (χ4n) is 4.09. The molecule has 2 N–H and O–H groups in total. The molecular formula is C17H20ClN5O2. The van der Waals surface area contributed by atoms with E-state index in [9.17, 15) is 4.79 Å². The Morgan fingerprint density at radius 1 is 1.44 bits per heavy atom. The van der Waals surface area contributed by atoms with Crippen LogP contribution in [0.5, 0.6) is 0 Å². The molecule has 0 bridgehead atoms. The van der Waals surface area contributed by atoms with Crippen LogP contribution in [0.3, 0.4) is 0 Å². The third-order valence-corrected chi connectivity index (χ3v) is 5.48. The maximum Gasteiger partial charge on any atom is 0.223 e. The van der Waals surface area contributed by atoms with Gasteiger partial charge in [-0.3, -0.25) is 4.79 Å². The first kappa shape index (κ1) is 16.3. The van der Waals surface area contributed by atoms with Crippen molar-refractivity contribution in [1.82, 2.24) is 20.0 Å². The summed E-state index contributed by atoms with van der Waals surface area (Å²) in [5.41, 5.74) is 7.93. The summed E-state index contributed by atoms with van der Waals surface area (Å²) in [6, 6.07) is 1.65. The molecule has 7 nitrogen and oxygen atoms in total. The number of carbonyl (C=O) groups excluding carboxylic acids is 1. The minimum Gasteiger partial charge on any atom is -0.368 e. The fourth-order valence-corrected chi connectivity index (χ4v) is 4.25. The number of nitrogen functional groups attached to an aromatic ring is 1. The van der Waals surface area contributed by atoms with Gasteiger partial charge in [-0.2, -0.15) is 0 Å². The van der Waals surface area contributed by atoms with E-state index in [1.165, 1.54) is 5.56 Å². The Bertz CT molecular complexity index is 804. The van der Waals surface area contributed by atoms with Gasteiger partial charge < -0.3 is 15.2 Å². The van der Waals surface area contributed by atoms with Gasteiger partial charge in [-0.25, -0.2) is 9.97 Å². The molecule has 1 aliphatic carbocycles. The van der Waals surface area contributed by atoms with Crippen LogP contribution >= 0.6 is 11.6 Å². The molecule has 1 fully saturated rings. The molecule has 4 rings (SSSR count). The number of aromatic nitrogens is 3. The number of nitrogens with zero attached hydrogens (tertiary/aromatic N) is 4. The van der Waals surface area contributed by atoms with E-state index < -0.39 is 0 Å². The van der Waals surface area contributed by atoms with Crippen molar-refractivity contribution in [2.75, 3.05) is 18.8 Å². The van der Waals surface area contributed by atoms with Crippen molar-refractivity contribution in [3.8, 4) is 0 Å². The van der Waals surface area contributed by atoms with Gasteiger partial charge in [0.1, 0.15) is 5.76 Å². The van der Waals surface area contributed by atoms with Crippen molar-refractivity contribution >= 4 is 23.5 Å². The molecule has 0 radical (unpaired) electrons. The van der Waals surface area contributed by atoms with E-state index in [1.807, 2.05) is 11.1 Å². The molecule has 1 atom stereocenters. The van der Waals surface area contributed by atoms with Gasteiger partial charge in [-0.05, 0) is 31.2 Å². The molecular weight excluding hydrogens is 342 g/mol. The molecule has 2 aromatic rings. The summed E-state index contributed by atoms with van der Waals surface area (Å²) in [6.07, 6.45) is 6.70. The van der Waals surface area contributed by atoms with Gasteiger partial charge in [0.05, 0.1) is 5.69 Å². The number of amides is 1. The van der Waals surface area contributed by atoms with Gasteiger partial charge in [0, 0.05) is 43.6 Å². The minimum atomic E-state index is -0.0736. The van der Waals surface area contributed by atoms with Crippen molar-refractivity contribution in [3.05, 3.63) is 34.4 Å². The second kappa shape index (κ2) is 6.29. The van der Waals surface area contributed by atoms with Crippen molar-refractivity contribution in [3.63, 3.8) is 0 Å². The monoisotopic (exact) mass is 361 g/mol. The smallest absolute Gasteiger partial charge is 0.223 e. The Balaban J connectivity index is 1.46. The molecule has 2 aromatic heterocycles. The number of likely N-dealkylation sites (tertiary alicyclic amines) is 1. The van der Waals surface area contributed by atoms with Crippen LogP contribution < -0.4 is 5.73 Å². The lowest BCUT2D eigenvalue weighted by molar-refractivity contribution is -0.133. The first-order valence-electron chi connectivity index (χ1n) is 8.56. The van der Waals surface area contributed by atoms with Crippen molar-refractivity contribution in [1.29, 1.82) is 0 Å². The summed E-state index contributed by atoms with van der Waals surface area (Å²) in [6.45, 7) is 1.49. The summed E-state index contributed by atoms with van der Waals surface area (Å²) in [5, 5.41) is 3.96. The first-order chi connectivity index (χ1) is 12.1. The maximum absolute atomic E-state index is 12.7. The summed E-state index contributed by atoms with van der Waals surface area (Å²) < 4.78 is 5.07. The van der Waals surface area contributed by atoms with Crippen molar-refractivity contribution < 1.29 is 9.32 Å². The van der Waals surface area contributed by atoms with E-state index >= 15 is 0 Å². The van der Waals surface area contributed by atoms with Crippen LogP contribution in [-0.4, -0.2) is 39.0 Å². The lowest BCUT2D eigenvalue weighted by Crippen LogP contribution is -2.48. The average Bonchev–Trinajstić information content (AvgIpc) is 3.17. The number of nitrogens with two attached hydrogens (primary N) is 1. The van der Waals surface area contributed by atoms with Crippen LogP contribution in [0.25, 0.3) is 0 Å². The molecule has 1 aliphatic heterocycles. The highest BCUT2D eigenvalue weighted by atomic mass is 35.5. The molecule has 0 aromatic carbocycles. The normalized spacial score (nSPS) is 22.4. The molecule has 3 heterocycles. The predicted molar refractivity (Wildman–Crippen MR) is 92.1 cm³/mol. The molecule has 1 saturated heterocycles. The van der Waals surface area contributed by atoms with Gasteiger partial charge in [-0.1, -0.05) is 16.8 Å². The number of piperidine rings is 1. The zero-order valence-electron chi connectivity index (χ0n) is 13.9. The summed E-state index contributed by atoms with van der Waals surface area (Å²) in [7, 11) is 0. The zero-order chi connectivity index (χ0) is 17.4. The molecule has 0 saturated carbocycles. The van der Waals surface area contributed by atoms with E-state index in [2.05, 4.69) is 15.1 Å². The first-order valence-corrected chi connectivity index (χ1v) is 8.94. The molecule has 1 spiro atoms. The fraction of sp³-hybridized carbons (Fsp3) is 0.529. The number of aryl methyl sites for hydroxylation is 2. The third kappa shape index (κ3) is 3.08. The van der Waals surface area contributed by atoms with Gasteiger partial charge in [-0.15, -0.1) is 0 Å². The standard InChI is InChI=1S/C17H20ClN5O2/c18-13-8-12(25-22-13)2-3-14(24)23-7-1-5-17(10-23)6-4-11-9-20-16(19)21-15(11)17/h8-9H,1-7,10H2,(H2,19,20,21). The third-order valence-electron chi connectivity index (χ3n) is 5.30. The van der Waals surface area contributed by atoms with E-state index in [4.69, 9.17) is 21.9 Å². The molecule has 1 unspecified atom stereocenters. The van der Waals surface area contributed by atoms with E-state index in [0.29, 0.717) is 36.2 Å². The van der Waals surface area contributed by atoms with Crippen molar-refractivity contribution in [2.24, 2.45) is 0 Å². The van der Waals surface area contributed by atoms with Crippen LogP contribution in [0.1, 0.15) is 42.7 Å². The van der Waals surface area contributed by atoms with Crippen LogP contribution in [0.15, 0.2) is 16.8 Å². The lowest BCUT2D eigenvalue weighted by Gasteiger charge is -2.40. The molecule has 132 valence electrons. The highest BCUT2D eigenvalue weighted by Crippen LogP contribution is 2.44. The number of rotatable bonds is 3.